The Morgan fingerprint density at radius 2 is 2.08 bits per heavy atom. The Bertz CT molecular complexity index is 120. The van der Waals surface area contributed by atoms with E-state index in [1.54, 1.807) is 0 Å². The zero-order chi connectivity index (χ0) is 8.97. The lowest BCUT2D eigenvalue weighted by molar-refractivity contribution is 0.0964. The number of aliphatic hydroxyl groups is 1. The second kappa shape index (κ2) is 4.86. The van der Waals surface area contributed by atoms with Gasteiger partial charge >= 0.3 is 0 Å². The van der Waals surface area contributed by atoms with Crippen molar-refractivity contribution in [2.24, 2.45) is 11.8 Å². The summed E-state index contributed by atoms with van der Waals surface area (Å²) >= 11 is 0. The summed E-state index contributed by atoms with van der Waals surface area (Å²) in [6.45, 7) is 4.55. The predicted molar refractivity (Wildman–Crippen MR) is 52.0 cm³/mol. The summed E-state index contributed by atoms with van der Waals surface area (Å²) in [5, 5.41) is 9.44. The molecule has 0 heterocycles. The van der Waals surface area contributed by atoms with Gasteiger partial charge < -0.3 is 5.11 Å². The van der Waals surface area contributed by atoms with Crippen LogP contribution in [0.15, 0.2) is 0 Å². The fourth-order valence-corrected chi connectivity index (χ4v) is 2.09. The molecule has 1 fully saturated rings. The molecule has 72 valence electrons. The molecule has 1 heteroatoms. The van der Waals surface area contributed by atoms with E-state index in [1.165, 1.54) is 25.7 Å². The van der Waals surface area contributed by atoms with Crippen molar-refractivity contribution >= 4 is 0 Å². The largest absolute Gasteiger partial charge is 0.393 e. The molecule has 1 nitrogen and oxygen atoms in total. The maximum atomic E-state index is 9.44. The lowest BCUT2D eigenvalue weighted by Crippen LogP contribution is -2.19. The van der Waals surface area contributed by atoms with E-state index in [1.807, 2.05) is 0 Å². The lowest BCUT2D eigenvalue weighted by Gasteiger charge is -2.26. The van der Waals surface area contributed by atoms with Gasteiger partial charge in [0.25, 0.3) is 0 Å². The first-order chi connectivity index (χ1) is 5.68. The molecule has 0 aromatic rings. The Hall–Kier alpha value is -0.0400. The SMILES string of the molecule is CC(C)CCC1CCCC(O)C1. The molecule has 0 aromatic carbocycles. The topological polar surface area (TPSA) is 20.2 Å². The fraction of sp³-hybridized carbons (Fsp3) is 1.00. The van der Waals surface area contributed by atoms with Gasteiger partial charge in [0.05, 0.1) is 6.10 Å². The quantitative estimate of drug-likeness (QED) is 0.690. The van der Waals surface area contributed by atoms with E-state index < -0.39 is 0 Å². The van der Waals surface area contributed by atoms with Gasteiger partial charge in [-0.05, 0) is 24.7 Å². The molecular weight excluding hydrogens is 148 g/mol. The minimum atomic E-state index is 0.0101. The van der Waals surface area contributed by atoms with Crippen LogP contribution < -0.4 is 0 Å². The molecule has 1 rings (SSSR count). The standard InChI is InChI=1S/C11H22O/c1-9(2)6-7-10-4-3-5-11(12)8-10/h9-12H,3-8H2,1-2H3. The molecule has 0 amide bonds. The van der Waals surface area contributed by atoms with Crippen LogP contribution in [0.2, 0.25) is 0 Å². The molecule has 0 radical (unpaired) electrons. The van der Waals surface area contributed by atoms with Crippen LogP contribution in [-0.2, 0) is 0 Å². The Labute approximate surface area is 76.2 Å². The molecule has 2 atom stereocenters. The molecule has 1 aliphatic rings. The van der Waals surface area contributed by atoms with Gasteiger partial charge in [0.1, 0.15) is 0 Å². The number of aliphatic hydroxyl groups excluding tert-OH is 1. The number of hydrogen-bond donors (Lipinski definition) is 1. The van der Waals surface area contributed by atoms with Gasteiger partial charge in [-0.15, -0.1) is 0 Å². The molecule has 12 heavy (non-hydrogen) atoms. The summed E-state index contributed by atoms with van der Waals surface area (Å²) in [5.41, 5.74) is 0. The van der Waals surface area contributed by atoms with Crippen molar-refractivity contribution < 1.29 is 5.11 Å². The van der Waals surface area contributed by atoms with Crippen LogP contribution in [0.25, 0.3) is 0 Å². The van der Waals surface area contributed by atoms with E-state index in [9.17, 15) is 5.11 Å². The fourth-order valence-electron chi connectivity index (χ4n) is 2.09. The smallest absolute Gasteiger partial charge is 0.0542 e. The van der Waals surface area contributed by atoms with Crippen molar-refractivity contribution in [3.63, 3.8) is 0 Å². The molecule has 1 saturated carbocycles. The zero-order valence-corrected chi connectivity index (χ0v) is 8.42. The lowest BCUT2D eigenvalue weighted by atomic mass is 9.83. The molecule has 2 unspecified atom stereocenters. The van der Waals surface area contributed by atoms with Gasteiger partial charge in [0.2, 0.25) is 0 Å². The highest BCUT2D eigenvalue weighted by molar-refractivity contribution is 4.72. The van der Waals surface area contributed by atoms with Crippen molar-refractivity contribution in [3.05, 3.63) is 0 Å². The van der Waals surface area contributed by atoms with Gasteiger partial charge in [0.15, 0.2) is 0 Å². The van der Waals surface area contributed by atoms with Crippen molar-refractivity contribution in [1.82, 2.24) is 0 Å². The van der Waals surface area contributed by atoms with E-state index in [-0.39, 0.29) is 6.10 Å². The summed E-state index contributed by atoms with van der Waals surface area (Å²) in [6.07, 6.45) is 7.36. The van der Waals surface area contributed by atoms with Crippen LogP contribution in [-0.4, -0.2) is 11.2 Å². The Morgan fingerprint density at radius 1 is 1.33 bits per heavy atom. The van der Waals surface area contributed by atoms with Gasteiger partial charge in [-0.3, -0.25) is 0 Å². The average Bonchev–Trinajstić information content (AvgIpc) is 2.01. The summed E-state index contributed by atoms with van der Waals surface area (Å²) in [7, 11) is 0. The van der Waals surface area contributed by atoms with Crippen molar-refractivity contribution in [3.8, 4) is 0 Å². The molecule has 1 aliphatic carbocycles. The van der Waals surface area contributed by atoms with E-state index in [0.717, 1.165) is 24.7 Å². The van der Waals surface area contributed by atoms with E-state index in [0.29, 0.717) is 0 Å². The third-order valence-corrected chi connectivity index (χ3v) is 2.91. The average molecular weight is 170 g/mol. The van der Waals surface area contributed by atoms with Crippen LogP contribution in [0.3, 0.4) is 0 Å². The number of rotatable bonds is 3. The van der Waals surface area contributed by atoms with Crippen LogP contribution >= 0.6 is 0 Å². The van der Waals surface area contributed by atoms with Crippen molar-refractivity contribution in [2.45, 2.75) is 58.5 Å². The first-order valence-electron chi connectivity index (χ1n) is 5.36. The maximum Gasteiger partial charge on any atom is 0.0542 e. The van der Waals surface area contributed by atoms with Gasteiger partial charge in [-0.25, -0.2) is 0 Å². The predicted octanol–water partition coefficient (Wildman–Crippen LogP) is 2.97. The number of hydrogen-bond acceptors (Lipinski definition) is 1. The normalized spacial score (nSPS) is 31.0. The van der Waals surface area contributed by atoms with Crippen LogP contribution in [0.5, 0.6) is 0 Å². The van der Waals surface area contributed by atoms with Gasteiger partial charge in [0, 0.05) is 0 Å². The summed E-state index contributed by atoms with van der Waals surface area (Å²) in [6, 6.07) is 0. The zero-order valence-electron chi connectivity index (χ0n) is 8.42. The third kappa shape index (κ3) is 3.57. The van der Waals surface area contributed by atoms with E-state index in [4.69, 9.17) is 0 Å². The van der Waals surface area contributed by atoms with Crippen LogP contribution in [0, 0.1) is 11.8 Å². The summed E-state index contributed by atoms with van der Waals surface area (Å²) in [5.74, 6) is 1.64. The van der Waals surface area contributed by atoms with Gasteiger partial charge in [-0.2, -0.15) is 0 Å². The monoisotopic (exact) mass is 170 g/mol. The maximum absolute atomic E-state index is 9.44. The molecule has 1 N–H and O–H groups in total. The van der Waals surface area contributed by atoms with Crippen LogP contribution in [0.4, 0.5) is 0 Å². The Kier molecular flexibility index (Phi) is 4.07. The molecule has 0 aliphatic heterocycles. The molecule has 0 aromatic heterocycles. The molecule has 0 spiro atoms. The second-order valence-corrected chi connectivity index (χ2v) is 4.66. The Morgan fingerprint density at radius 3 is 2.67 bits per heavy atom. The Balaban J connectivity index is 2.14. The van der Waals surface area contributed by atoms with E-state index >= 15 is 0 Å². The minimum absolute atomic E-state index is 0.0101. The van der Waals surface area contributed by atoms with Gasteiger partial charge in [-0.1, -0.05) is 39.5 Å². The second-order valence-electron chi connectivity index (χ2n) is 4.66. The van der Waals surface area contributed by atoms with Crippen LogP contribution in [0.1, 0.15) is 52.4 Å². The highest BCUT2D eigenvalue weighted by Crippen LogP contribution is 2.28. The van der Waals surface area contributed by atoms with Crippen molar-refractivity contribution in [2.75, 3.05) is 0 Å². The summed E-state index contributed by atoms with van der Waals surface area (Å²) in [4.78, 5) is 0. The molecule has 0 bridgehead atoms. The summed E-state index contributed by atoms with van der Waals surface area (Å²) < 4.78 is 0. The third-order valence-electron chi connectivity index (χ3n) is 2.91. The first-order valence-corrected chi connectivity index (χ1v) is 5.36. The van der Waals surface area contributed by atoms with Crippen molar-refractivity contribution in [1.29, 1.82) is 0 Å². The highest BCUT2D eigenvalue weighted by Gasteiger charge is 2.19. The first kappa shape index (κ1) is 10.0. The molecule has 0 saturated heterocycles. The van der Waals surface area contributed by atoms with E-state index in [2.05, 4.69) is 13.8 Å². The minimum Gasteiger partial charge on any atom is -0.393 e. The molecular formula is C11H22O. The highest BCUT2D eigenvalue weighted by atomic mass is 16.3.